The Bertz CT molecular complexity index is 1140. The van der Waals surface area contributed by atoms with E-state index in [1.807, 2.05) is 31.7 Å². The molecule has 5 N–H and O–H groups in total. The molecule has 3 rings (SSSR count). The fraction of sp³-hybridized carbons (Fsp3) is 0.500. The molecular formula is C22H33N7O3S. The van der Waals surface area contributed by atoms with Crippen molar-refractivity contribution < 1.29 is 13.2 Å². The summed E-state index contributed by atoms with van der Waals surface area (Å²) in [6.45, 7) is 7.36. The van der Waals surface area contributed by atoms with E-state index in [4.69, 9.17) is 11.5 Å². The lowest BCUT2D eigenvalue weighted by Crippen LogP contribution is -2.43. The summed E-state index contributed by atoms with van der Waals surface area (Å²) >= 11 is 0. The van der Waals surface area contributed by atoms with Crippen LogP contribution in [0.3, 0.4) is 0 Å². The molecule has 1 amide bonds. The van der Waals surface area contributed by atoms with Gasteiger partial charge in [-0.05, 0) is 42.0 Å². The second kappa shape index (κ2) is 9.24. The predicted molar refractivity (Wildman–Crippen MR) is 129 cm³/mol. The monoisotopic (exact) mass is 475 g/mol. The van der Waals surface area contributed by atoms with E-state index in [9.17, 15) is 13.2 Å². The number of carbonyl (C=O) groups excluding carboxylic acids is 1. The van der Waals surface area contributed by atoms with Gasteiger partial charge in [0.1, 0.15) is 11.4 Å². The normalized spacial score (nSPS) is 17.3. The predicted octanol–water partition coefficient (Wildman–Crippen LogP) is 1.79. The Kier molecular flexibility index (Phi) is 6.96. The van der Waals surface area contributed by atoms with Gasteiger partial charge in [0, 0.05) is 45.1 Å². The molecule has 1 aliphatic rings. The third-order valence-electron chi connectivity index (χ3n) is 5.60. The van der Waals surface area contributed by atoms with Crippen molar-refractivity contribution in [3.05, 3.63) is 35.5 Å². The Labute approximate surface area is 195 Å². The van der Waals surface area contributed by atoms with Gasteiger partial charge in [0.25, 0.3) is 5.91 Å². The molecule has 0 saturated carbocycles. The van der Waals surface area contributed by atoms with Crippen molar-refractivity contribution in [2.75, 3.05) is 37.4 Å². The van der Waals surface area contributed by atoms with Gasteiger partial charge >= 0.3 is 0 Å². The van der Waals surface area contributed by atoms with E-state index in [0.717, 1.165) is 29.3 Å². The summed E-state index contributed by atoms with van der Waals surface area (Å²) in [6.07, 6.45) is 3.24. The van der Waals surface area contributed by atoms with Gasteiger partial charge in [-0.15, -0.1) is 0 Å². The van der Waals surface area contributed by atoms with Gasteiger partial charge in [-0.2, -0.15) is 4.98 Å². The maximum absolute atomic E-state index is 12.9. The Morgan fingerprint density at radius 1 is 1.24 bits per heavy atom. The number of nitrogens with zero attached hydrogens (tertiary/aromatic N) is 4. The number of sulfonamides is 1. The molecule has 1 atom stereocenters. The maximum atomic E-state index is 12.9. The van der Waals surface area contributed by atoms with Crippen LogP contribution in [-0.2, 0) is 15.4 Å². The van der Waals surface area contributed by atoms with E-state index >= 15 is 0 Å². The molecule has 0 aliphatic carbocycles. The van der Waals surface area contributed by atoms with Crippen LogP contribution in [-0.4, -0.2) is 61.8 Å². The van der Waals surface area contributed by atoms with Gasteiger partial charge in [0.15, 0.2) is 0 Å². The molecule has 0 radical (unpaired) electrons. The van der Waals surface area contributed by atoms with Crippen molar-refractivity contribution in [1.29, 1.82) is 0 Å². The first-order valence-electron chi connectivity index (χ1n) is 10.8. The molecule has 1 aromatic heterocycles. The molecule has 2 heterocycles. The van der Waals surface area contributed by atoms with Crippen LogP contribution in [0.15, 0.2) is 29.3 Å². The molecule has 1 fully saturated rings. The van der Waals surface area contributed by atoms with Crippen molar-refractivity contribution in [2.45, 2.75) is 50.0 Å². The van der Waals surface area contributed by atoms with Crippen molar-refractivity contribution in [3.63, 3.8) is 0 Å². The number of hydrogen-bond donors (Lipinski definition) is 3. The molecule has 2 aromatic rings. The van der Waals surface area contributed by atoms with Crippen LogP contribution in [0.4, 0.5) is 17.5 Å². The number of rotatable bonds is 6. The number of amides is 1. The minimum atomic E-state index is -3.69. The molecule has 0 spiro atoms. The Hall–Kier alpha value is -2.76. The molecule has 11 heteroatoms. The van der Waals surface area contributed by atoms with E-state index in [1.165, 1.54) is 26.4 Å². The summed E-state index contributed by atoms with van der Waals surface area (Å²) in [5, 5.41) is 3.12. The van der Waals surface area contributed by atoms with E-state index in [-0.39, 0.29) is 27.7 Å². The quantitative estimate of drug-likeness (QED) is 0.573. The average Bonchev–Trinajstić information content (AvgIpc) is 2.72. The number of benzene rings is 1. The Balaban J connectivity index is 2.09. The van der Waals surface area contributed by atoms with Crippen LogP contribution in [0.2, 0.25) is 0 Å². The van der Waals surface area contributed by atoms with Crippen LogP contribution in [0.1, 0.15) is 49.5 Å². The summed E-state index contributed by atoms with van der Waals surface area (Å²) in [6, 6.07) is 5.05. The maximum Gasteiger partial charge on any atom is 0.254 e. The van der Waals surface area contributed by atoms with Crippen molar-refractivity contribution in [2.24, 2.45) is 11.5 Å². The molecule has 0 bridgehead atoms. The standard InChI is InChI=1S/C22H33N7O3S/c1-22(2,3)14-9-16(11-17(10-14)33(31,32)28(4)5)26-20-18(19(24)30)12-25-21(27-20)29-8-6-7-15(23)13-29/h9-12,15H,6-8,13,23H2,1-5H3,(H2,24,30)(H,25,26,27)/t15-/m0/s1. The van der Waals surface area contributed by atoms with Gasteiger partial charge in [-0.1, -0.05) is 20.8 Å². The lowest BCUT2D eigenvalue weighted by molar-refractivity contribution is 0.100. The highest BCUT2D eigenvalue weighted by Gasteiger charge is 2.24. The summed E-state index contributed by atoms with van der Waals surface area (Å²) in [4.78, 5) is 23.0. The minimum absolute atomic E-state index is 0.0249. The number of anilines is 3. The molecule has 10 nitrogen and oxygen atoms in total. The van der Waals surface area contributed by atoms with Crippen LogP contribution in [0, 0.1) is 0 Å². The zero-order valence-corrected chi connectivity index (χ0v) is 20.6. The number of aromatic nitrogens is 2. The number of hydrogen-bond acceptors (Lipinski definition) is 8. The smallest absolute Gasteiger partial charge is 0.254 e. The number of piperidine rings is 1. The fourth-order valence-corrected chi connectivity index (χ4v) is 4.57. The Morgan fingerprint density at radius 3 is 2.52 bits per heavy atom. The first-order chi connectivity index (χ1) is 15.3. The lowest BCUT2D eigenvalue weighted by atomic mass is 9.87. The first-order valence-corrected chi connectivity index (χ1v) is 12.3. The highest BCUT2D eigenvalue weighted by Crippen LogP contribution is 2.31. The van der Waals surface area contributed by atoms with Gasteiger partial charge in [-0.3, -0.25) is 4.79 Å². The summed E-state index contributed by atoms with van der Waals surface area (Å²) < 4.78 is 26.9. The van der Waals surface area contributed by atoms with Crippen molar-refractivity contribution >= 4 is 33.4 Å². The minimum Gasteiger partial charge on any atom is -0.365 e. The number of primary amides is 1. The number of nitrogens with one attached hydrogen (secondary N) is 1. The van der Waals surface area contributed by atoms with E-state index in [0.29, 0.717) is 18.2 Å². The fourth-order valence-electron chi connectivity index (χ4n) is 3.59. The van der Waals surface area contributed by atoms with Crippen LogP contribution < -0.4 is 21.7 Å². The Morgan fingerprint density at radius 2 is 1.94 bits per heavy atom. The van der Waals surface area contributed by atoms with Crippen LogP contribution in [0.25, 0.3) is 0 Å². The SMILES string of the molecule is CN(C)S(=O)(=O)c1cc(Nc2nc(N3CCC[C@H](N)C3)ncc2C(N)=O)cc(C(C)(C)C)c1. The van der Waals surface area contributed by atoms with E-state index in [1.54, 1.807) is 6.07 Å². The average molecular weight is 476 g/mol. The first kappa shape index (κ1) is 24.9. The summed E-state index contributed by atoms with van der Waals surface area (Å²) in [5.74, 6) is -0.0378. The number of carbonyl (C=O) groups is 1. The second-order valence-corrected chi connectivity index (χ2v) is 11.7. The van der Waals surface area contributed by atoms with Gasteiger partial charge in [-0.25, -0.2) is 17.7 Å². The van der Waals surface area contributed by atoms with Crippen molar-refractivity contribution in [1.82, 2.24) is 14.3 Å². The molecule has 1 saturated heterocycles. The zero-order chi connectivity index (χ0) is 24.6. The van der Waals surface area contributed by atoms with Crippen molar-refractivity contribution in [3.8, 4) is 0 Å². The highest BCUT2D eigenvalue weighted by atomic mass is 32.2. The van der Waals surface area contributed by atoms with Gasteiger partial charge in [0.2, 0.25) is 16.0 Å². The summed E-state index contributed by atoms with van der Waals surface area (Å²) in [5.41, 5.74) is 12.7. The lowest BCUT2D eigenvalue weighted by Gasteiger charge is -2.31. The molecular weight excluding hydrogens is 442 g/mol. The highest BCUT2D eigenvalue weighted by molar-refractivity contribution is 7.89. The summed E-state index contributed by atoms with van der Waals surface area (Å²) in [7, 11) is -0.718. The number of nitrogens with two attached hydrogens (primary N) is 2. The van der Waals surface area contributed by atoms with Gasteiger partial charge in [0.05, 0.1) is 4.90 Å². The molecule has 180 valence electrons. The van der Waals surface area contributed by atoms with Crippen LogP contribution in [0.5, 0.6) is 0 Å². The largest absolute Gasteiger partial charge is 0.365 e. The molecule has 33 heavy (non-hydrogen) atoms. The molecule has 1 aromatic carbocycles. The second-order valence-electron chi connectivity index (χ2n) is 9.55. The third kappa shape index (κ3) is 5.60. The van der Waals surface area contributed by atoms with E-state index < -0.39 is 15.9 Å². The third-order valence-corrected chi connectivity index (χ3v) is 7.39. The van der Waals surface area contributed by atoms with Gasteiger partial charge < -0.3 is 21.7 Å². The van der Waals surface area contributed by atoms with E-state index in [2.05, 4.69) is 15.3 Å². The molecule has 1 aliphatic heterocycles. The molecule has 0 unspecified atom stereocenters. The topological polar surface area (TPSA) is 148 Å². The van der Waals surface area contributed by atoms with Crippen LogP contribution >= 0.6 is 0 Å². The zero-order valence-electron chi connectivity index (χ0n) is 19.8.